The maximum absolute atomic E-state index is 10.6. The molecule has 1 rings (SSSR count). The highest BCUT2D eigenvalue weighted by Crippen LogP contribution is 1.99. The Kier molecular flexibility index (Phi) is 1.96. The molecule has 0 aliphatic rings. The molecular weight excluding hydrogens is 152 g/mol. The number of H-pyrrole nitrogens is 1. The molecule has 0 saturated carbocycles. The Labute approximate surface area is 62.3 Å². The highest BCUT2D eigenvalue weighted by Gasteiger charge is 1.95. The number of thiol groups is 1. The molecule has 10 heavy (non-hydrogen) atoms. The number of hydrogen-bond donors (Lipinski definition) is 3. The number of nitrogens with zero attached hydrogens (tertiary/aromatic N) is 1. The van der Waals surface area contributed by atoms with Gasteiger partial charge < -0.3 is 10.1 Å². The molecule has 2 N–H and O–H groups in total. The van der Waals surface area contributed by atoms with Crippen LogP contribution in [0, 0.1) is 0 Å². The lowest BCUT2D eigenvalue weighted by atomic mass is 10.6. The molecule has 1 aromatic rings. The molecule has 0 spiro atoms. The fraction of sp³-hybridized carbons (Fsp3) is 0.200. The Hall–Kier alpha value is -0.970. The molecule has 0 unspecified atom stereocenters. The zero-order chi connectivity index (χ0) is 7.56. The van der Waals surface area contributed by atoms with E-state index in [4.69, 9.17) is 5.11 Å². The van der Waals surface area contributed by atoms with Crippen LogP contribution in [-0.2, 0) is 5.75 Å². The molecule has 0 aromatic carbocycles. The van der Waals surface area contributed by atoms with Crippen molar-refractivity contribution in [3.05, 3.63) is 22.2 Å². The first kappa shape index (κ1) is 7.14. The van der Waals surface area contributed by atoms with Crippen molar-refractivity contribution in [1.29, 1.82) is 0 Å². The van der Waals surface area contributed by atoms with Gasteiger partial charge >= 0.3 is 0 Å². The largest absolute Gasteiger partial charge is 0.493 e. The third-order valence-electron chi connectivity index (χ3n) is 0.927. The molecule has 4 nitrogen and oxygen atoms in total. The van der Waals surface area contributed by atoms with Gasteiger partial charge in [0.05, 0.1) is 6.07 Å². The molecular formula is C5H6N2O2S. The van der Waals surface area contributed by atoms with Crippen molar-refractivity contribution in [1.82, 2.24) is 9.97 Å². The van der Waals surface area contributed by atoms with Crippen LogP contribution < -0.4 is 5.56 Å². The Morgan fingerprint density at radius 1 is 1.80 bits per heavy atom. The van der Waals surface area contributed by atoms with Crippen molar-refractivity contribution >= 4 is 12.6 Å². The fourth-order valence-electron chi connectivity index (χ4n) is 0.569. The molecule has 0 aliphatic carbocycles. The average Bonchev–Trinajstić information content (AvgIpc) is 1.85. The van der Waals surface area contributed by atoms with Crippen LogP contribution in [0.4, 0.5) is 0 Å². The van der Waals surface area contributed by atoms with E-state index in [2.05, 4.69) is 22.6 Å². The van der Waals surface area contributed by atoms with Crippen molar-refractivity contribution in [2.45, 2.75) is 5.75 Å². The molecule has 0 bridgehead atoms. The third-order valence-corrected chi connectivity index (χ3v) is 1.23. The smallest absolute Gasteiger partial charge is 0.254 e. The Morgan fingerprint density at radius 3 is 3.00 bits per heavy atom. The second-order valence-electron chi connectivity index (χ2n) is 1.71. The second kappa shape index (κ2) is 2.74. The standard InChI is InChI=1S/C5H6N2O2S/c8-4-1-5(9)7-3(2-10)6-4/h1,10H,2H2,(H2,6,7,8,9). The second-order valence-corrected chi connectivity index (χ2v) is 2.02. The molecule has 0 atom stereocenters. The van der Waals surface area contributed by atoms with Gasteiger partial charge in [-0.1, -0.05) is 0 Å². The lowest BCUT2D eigenvalue weighted by Crippen LogP contribution is -2.07. The summed E-state index contributed by atoms with van der Waals surface area (Å²) < 4.78 is 0. The normalized spacial score (nSPS) is 9.70. The Balaban J connectivity index is 3.19. The predicted octanol–water partition coefficient (Wildman–Crippen LogP) is -0.0947. The van der Waals surface area contributed by atoms with E-state index in [1.807, 2.05) is 0 Å². The van der Waals surface area contributed by atoms with E-state index in [-0.39, 0.29) is 11.4 Å². The van der Waals surface area contributed by atoms with Gasteiger partial charge in [0.1, 0.15) is 5.82 Å². The number of nitrogens with one attached hydrogen (secondary N) is 1. The van der Waals surface area contributed by atoms with Crippen LogP contribution in [0.3, 0.4) is 0 Å². The van der Waals surface area contributed by atoms with E-state index < -0.39 is 0 Å². The number of rotatable bonds is 1. The van der Waals surface area contributed by atoms with Crippen LogP contribution >= 0.6 is 12.6 Å². The fourth-order valence-corrected chi connectivity index (χ4v) is 0.719. The lowest BCUT2D eigenvalue weighted by molar-refractivity contribution is 0.449. The zero-order valence-corrected chi connectivity index (χ0v) is 5.93. The summed E-state index contributed by atoms with van der Waals surface area (Å²) in [6.07, 6.45) is 0. The van der Waals surface area contributed by atoms with E-state index in [0.717, 1.165) is 6.07 Å². The minimum atomic E-state index is -0.364. The summed E-state index contributed by atoms with van der Waals surface area (Å²) in [7, 11) is 0. The first-order valence-corrected chi connectivity index (χ1v) is 3.25. The van der Waals surface area contributed by atoms with Crippen LogP contribution in [0.1, 0.15) is 5.82 Å². The summed E-state index contributed by atoms with van der Waals surface area (Å²) in [5.41, 5.74) is -0.364. The molecule has 0 fully saturated rings. The van der Waals surface area contributed by atoms with Gasteiger partial charge in [-0.15, -0.1) is 0 Å². The quantitative estimate of drug-likeness (QED) is 0.500. The third kappa shape index (κ3) is 1.51. The molecule has 1 heterocycles. The van der Waals surface area contributed by atoms with Gasteiger partial charge in [0.2, 0.25) is 5.88 Å². The summed E-state index contributed by atoms with van der Waals surface area (Å²) in [5, 5.41) is 8.76. The zero-order valence-electron chi connectivity index (χ0n) is 5.03. The van der Waals surface area contributed by atoms with Gasteiger partial charge in [0.25, 0.3) is 5.56 Å². The van der Waals surface area contributed by atoms with Gasteiger partial charge in [-0.3, -0.25) is 4.79 Å². The first-order chi connectivity index (χ1) is 4.72. The molecule has 0 aliphatic heterocycles. The molecule has 0 saturated heterocycles. The lowest BCUT2D eigenvalue weighted by Gasteiger charge is -1.93. The van der Waals surface area contributed by atoms with Crippen molar-refractivity contribution in [3.63, 3.8) is 0 Å². The van der Waals surface area contributed by atoms with Gasteiger partial charge in [-0.25, -0.2) is 0 Å². The molecule has 54 valence electrons. The highest BCUT2D eigenvalue weighted by molar-refractivity contribution is 7.79. The van der Waals surface area contributed by atoms with Gasteiger partial charge in [-0.05, 0) is 0 Å². The van der Waals surface area contributed by atoms with Crippen molar-refractivity contribution in [2.24, 2.45) is 0 Å². The monoisotopic (exact) mass is 158 g/mol. The highest BCUT2D eigenvalue weighted by atomic mass is 32.1. The molecule has 1 aromatic heterocycles. The average molecular weight is 158 g/mol. The summed E-state index contributed by atoms with van der Waals surface area (Å²) in [5.74, 6) is 0.407. The Morgan fingerprint density at radius 2 is 2.50 bits per heavy atom. The molecule has 5 heteroatoms. The van der Waals surface area contributed by atoms with Gasteiger partial charge in [-0.2, -0.15) is 17.6 Å². The SMILES string of the molecule is O=c1cc(O)nc(CS)[nH]1. The van der Waals surface area contributed by atoms with Crippen LogP contribution in [-0.4, -0.2) is 15.1 Å². The van der Waals surface area contributed by atoms with Crippen LogP contribution in [0.2, 0.25) is 0 Å². The number of hydrogen-bond acceptors (Lipinski definition) is 4. The minimum absolute atomic E-state index is 0.271. The number of aromatic nitrogens is 2. The van der Waals surface area contributed by atoms with Crippen molar-refractivity contribution in [3.8, 4) is 5.88 Å². The predicted molar refractivity (Wildman–Crippen MR) is 39.2 cm³/mol. The van der Waals surface area contributed by atoms with Crippen LogP contribution in [0.5, 0.6) is 5.88 Å². The van der Waals surface area contributed by atoms with Crippen molar-refractivity contribution < 1.29 is 5.11 Å². The molecule has 0 radical (unpaired) electrons. The number of aromatic amines is 1. The first-order valence-electron chi connectivity index (χ1n) is 2.62. The maximum atomic E-state index is 10.6. The van der Waals surface area contributed by atoms with Gasteiger partial charge in [0, 0.05) is 5.75 Å². The maximum Gasteiger partial charge on any atom is 0.254 e. The van der Waals surface area contributed by atoms with E-state index in [1.165, 1.54) is 0 Å². The minimum Gasteiger partial charge on any atom is -0.493 e. The van der Waals surface area contributed by atoms with E-state index in [9.17, 15) is 4.79 Å². The van der Waals surface area contributed by atoms with Crippen molar-refractivity contribution in [2.75, 3.05) is 0 Å². The summed E-state index contributed by atoms with van der Waals surface area (Å²) >= 11 is 3.86. The summed E-state index contributed by atoms with van der Waals surface area (Å²) in [4.78, 5) is 16.6. The van der Waals surface area contributed by atoms with E-state index >= 15 is 0 Å². The topological polar surface area (TPSA) is 66.0 Å². The van der Waals surface area contributed by atoms with Crippen LogP contribution in [0.25, 0.3) is 0 Å². The number of aromatic hydroxyl groups is 1. The van der Waals surface area contributed by atoms with E-state index in [1.54, 1.807) is 0 Å². The van der Waals surface area contributed by atoms with E-state index in [0.29, 0.717) is 11.6 Å². The molecule has 0 amide bonds. The summed E-state index contributed by atoms with van der Waals surface area (Å²) in [6.45, 7) is 0. The van der Waals surface area contributed by atoms with Gasteiger partial charge in [0.15, 0.2) is 0 Å². The Bertz CT molecular complexity index is 283. The summed E-state index contributed by atoms with van der Waals surface area (Å²) in [6, 6.07) is 1.01. The van der Waals surface area contributed by atoms with Crippen LogP contribution in [0.15, 0.2) is 10.9 Å².